The first-order chi connectivity index (χ1) is 12.1. The fourth-order valence-corrected chi connectivity index (χ4v) is 3.62. The molecule has 26 heavy (non-hydrogen) atoms. The van der Waals surface area contributed by atoms with Crippen LogP contribution >= 0.6 is 0 Å². The summed E-state index contributed by atoms with van der Waals surface area (Å²) < 4.78 is 40.9. The van der Waals surface area contributed by atoms with Gasteiger partial charge in [0.05, 0.1) is 4.90 Å². The number of halogens is 1. The monoisotopic (exact) mass is 378 g/mol. The number of aryl methyl sites for hydroxylation is 1. The first kappa shape index (κ1) is 20.1. The maximum Gasteiger partial charge on any atom is 0.255 e. The molecule has 0 aliphatic heterocycles. The van der Waals surface area contributed by atoms with Crippen molar-refractivity contribution in [1.29, 1.82) is 0 Å². The molecule has 0 bridgehead atoms. The number of amides is 1. The Balaban J connectivity index is 2.22. The average Bonchev–Trinajstić information content (AvgIpc) is 2.58. The Morgan fingerprint density at radius 2 is 1.77 bits per heavy atom. The molecule has 0 saturated carbocycles. The minimum Gasteiger partial charge on any atom is -0.322 e. The van der Waals surface area contributed by atoms with Crippen LogP contribution in [0, 0.1) is 18.7 Å². The summed E-state index contributed by atoms with van der Waals surface area (Å²) in [6.07, 6.45) is 0. The van der Waals surface area contributed by atoms with E-state index in [0.29, 0.717) is 11.3 Å². The molecule has 2 aromatic rings. The van der Waals surface area contributed by atoms with E-state index in [1.54, 1.807) is 13.8 Å². The molecule has 2 aromatic carbocycles. The molecule has 0 heterocycles. The van der Waals surface area contributed by atoms with Crippen molar-refractivity contribution in [3.05, 3.63) is 59.4 Å². The molecule has 140 valence electrons. The maximum atomic E-state index is 13.3. The van der Waals surface area contributed by atoms with Gasteiger partial charge in [-0.15, -0.1) is 0 Å². The summed E-state index contributed by atoms with van der Waals surface area (Å²) >= 11 is 0. The first-order valence-electron chi connectivity index (χ1n) is 8.30. The Labute approximate surface area is 153 Å². The van der Waals surface area contributed by atoms with E-state index in [1.165, 1.54) is 42.5 Å². The molecule has 0 saturated heterocycles. The molecule has 0 fully saturated rings. The van der Waals surface area contributed by atoms with Gasteiger partial charge >= 0.3 is 0 Å². The summed E-state index contributed by atoms with van der Waals surface area (Å²) in [5, 5.41) is 2.64. The number of anilines is 1. The SMILES string of the molecule is Cc1cc(NC(=O)c2cccc(S(=O)(=O)NC(C)C(C)C)c2)ccc1F. The van der Waals surface area contributed by atoms with Crippen LogP contribution in [-0.2, 0) is 10.0 Å². The van der Waals surface area contributed by atoms with E-state index in [0.717, 1.165) is 0 Å². The van der Waals surface area contributed by atoms with Crippen LogP contribution in [0.25, 0.3) is 0 Å². The second-order valence-corrected chi connectivity index (χ2v) is 8.31. The quantitative estimate of drug-likeness (QED) is 0.805. The van der Waals surface area contributed by atoms with Crippen molar-refractivity contribution in [3.8, 4) is 0 Å². The van der Waals surface area contributed by atoms with Crippen molar-refractivity contribution >= 4 is 21.6 Å². The summed E-state index contributed by atoms with van der Waals surface area (Å²) in [5.74, 6) is -0.690. The van der Waals surface area contributed by atoms with E-state index < -0.39 is 15.9 Å². The molecule has 0 aliphatic rings. The summed E-state index contributed by atoms with van der Waals surface area (Å²) in [4.78, 5) is 12.4. The zero-order chi connectivity index (χ0) is 19.5. The van der Waals surface area contributed by atoms with Gasteiger partial charge in [-0.25, -0.2) is 17.5 Å². The predicted molar refractivity (Wildman–Crippen MR) is 100 cm³/mol. The van der Waals surface area contributed by atoms with Crippen molar-refractivity contribution in [2.75, 3.05) is 5.32 Å². The number of sulfonamides is 1. The molecule has 0 spiro atoms. The zero-order valence-corrected chi connectivity index (χ0v) is 16.0. The number of carbonyl (C=O) groups is 1. The van der Waals surface area contributed by atoms with Crippen molar-refractivity contribution in [2.45, 2.75) is 38.6 Å². The van der Waals surface area contributed by atoms with E-state index >= 15 is 0 Å². The molecule has 7 heteroatoms. The van der Waals surface area contributed by atoms with Crippen molar-refractivity contribution in [1.82, 2.24) is 4.72 Å². The number of nitrogens with one attached hydrogen (secondary N) is 2. The summed E-state index contributed by atoms with van der Waals surface area (Å²) in [7, 11) is -3.73. The molecule has 2 rings (SSSR count). The van der Waals surface area contributed by atoms with Gasteiger partial charge in [0.2, 0.25) is 10.0 Å². The van der Waals surface area contributed by atoms with Gasteiger partial charge < -0.3 is 5.32 Å². The molecule has 0 aromatic heterocycles. The van der Waals surface area contributed by atoms with Crippen LogP contribution in [0.15, 0.2) is 47.4 Å². The Bertz CT molecular complexity index is 911. The molecule has 0 aliphatic carbocycles. The summed E-state index contributed by atoms with van der Waals surface area (Å²) in [6.45, 7) is 7.22. The van der Waals surface area contributed by atoms with Gasteiger partial charge in [-0.2, -0.15) is 0 Å². The van der Waals surface area contributed by atoms with E-state index in [2.05, 4.69) is 10.0 Å². The predicted octanol–water partition coefficient (Wildman–Crippen LogP) is 3.71. The van der Waals surface area contributed by atoms with Gasteiger partial charge in [0.25, 0.3) is 5.91 Å². The van der Waals surface area contributed by atoms with Crippen LogP contribution in [0.1, 0.15) is 36.7 Å². The van der Waals surface area contributed by atoms with Crippen molar-refractivity contribution in [3.63, 3.8) is 0 Å². The Kier molecular flexibility index (Phi) is 6.15. The highest BCUT2D eigenvalue weighted by Gasteiger charge is 2.20. The van der Waals surface area contributed by atoms with Gasteiger partial charge in [0, 0.05) is 17.3 Å². The maximum absolute atomic E-state index is 13.3. The number of hydrogen-bond donors (Lipinski definition) is 2. The van der Waals surface area contributed by atoms with Crippen LogP contribution in [-0.4, -0.2) is 20.4 Å². The van der Waals surface area contributed by atoms with Crippen LogP contribution in [0.2, 0.25) is 0 Å². The molecule has 1 atom stereocenters. The second kappa shape index (κ2) is 7.97. The van der Waals surface area contributed by atoms with Crippen molar-refractivity contribution in [2.24, 2.45) is 5.92 Å². The van der Waals surface area contributed by atoms with E-state index in [4.69, 9.17) is 0 Å². The minimum atomic E-state index is -3.73. The van der Waals surface area contributed by atoms with Crippen molar-refractivity contribution < 1.29 is 17.6 Å². The van der Waals surface area contributed by atoms with Gasteiger partial charge in [-0.1, -0.05) is 19.9 Å². The van der Waals surface area contributed by atoms with Gasteiger partial charge in [-0.3, -0.25) is 4.79 Å². The fourth-order valence-electron chi connectivity index (χ4n) is 2.18. The third-order valence-corrected chi connectivity index (χ3v) is 5.72. The molecule has 0 radical (unpaired) electrons. The minimum absolute atomic E-state index is 0.0212. The van der Waals surface area contributed by atoms with Crippen LogP contribution in [0.3, 0.4) is 0 Å². The van der Waals surface area contributed by atoms with Gasteiger partial charge in [0.15, 0.2) is 0 Å². The normalized spacial score (nSPS) is 12.8. The summed E-state index contributed by atoms with van der Waals surface area (Å²) in [5.41, 5.74) is 1.05. The second-order valence-electron chi connectivity index (χ2n) is 6.60. The standard InChI is InChI=1S/C19H23FN2O3S/c1-12(2)14(4)22-26(24,25)17-7-5-6-15(11-17)19(23)21-16-8-9-18(20)13(3)10-16/h5-12,14,22H,1-4H3,(H,21,23). The van der Waals surface area contributed by atoms with E-state index in [9.17, 15) is 17.6 Å². The lowest BCUT2D eigenvalue weighted by molar-refractivity contribution is 0.102. The fraction of sp³-hybridized carbons (Fsp3) is 0.316. The summed E-state index contributed by atoms with van der Waals surface area (Å²) in [6, 6.07) is 9.79. The Morgan fingerprint density at radius 3 is 2.38 bits per heavy atom. The molecule has 5 nitrogen and oxygen atoms in total. The molecule has 2 N–H and O–H groups in total. The Morgan fingerprint density at radius 1 is 1.08 bits per heavy atom. The van der Waals surface area contributed by atoms with Crippen LogP contribution in [0.4, 0.5) is 10.1 Å². The highest BCUT2D eigenvalue weighted by molar-refractivity contribution is 7.89. The Hall–Kier alpha value is -2.25. The topological polar surface area (TPSA) is 75.3 Å². The van der Waals surface area contributed by atoms with Crippen LogP contribution < -0.4 is 10.0 Å². The highest BCUT2D eigenvalue weighted by atomic mass is 32.2. The van der Waals surface area contributed by atoms with E-state index in [-0.39, 0.29) is 28.2 Å². The smallest absolute Gasteiger partial charge is 0.255 e. The average molecular weight is 378 g/mol. The lowest BCUT2D eigenvalue weighted by atomic mass is 10.1. The lowest BCUT2D eigenvalue weighted by Gasteiger charge is -2.17. The highest BCUT2D eigenvalue weighted by Crippen LogP contribution is 2.17. The lowest BCUT2D eigenvalue weighted by Crippen LogP contribution is -2.36. The van der Waals surface area contributed by atoms with E-state index in [1.807, 2.05) is 13.8 Å². The number of hydrogen-bond acceptors (Lipinski definition) is 3. The van der Waals surface area contributed by atoms with Gasteiger partial charge in [-0.05, 0) is 61.7 Å². The third-order valence-electron chi connectivity index (χ3n) is 4.16. The van der Waals surface area contributed by atoms with Gasteiger partial charge in [0.1, 0.15) is 5.82 Å². The zero-order valence-electron chi connectivity index (χ0n) is 15.2. The molecular formula is C19H23FN2O3S. The number of benzene rings is 2. The largest absolute Gasteiger partial charge is 0.322 e. The molecular weight excluding hydrogens is 355 g/mol. The number of carbonyl (C=O) groups excluding carboxylic acids is 1. The molecule has 1 unspecified atom stereocenters. The van der Waals surface area contributed by atoms with Crippen LogP contribution in [0.5, 0.6) is 0 Å². The third kappa shape index (κ3) is 4.89. The molecule has 1 amide bonds. The first-order valence-corrected chi connectivity index (χ1v) is 9.78. The number of rotatable bonds is 6.